The number of nitrogens with one attached hydrogen (secondary N) is 1. The minimum atomic E-state index is -0.369. The van der Waals surface area contributed by atoms with E-state index < -0.39 is 0 Å². The summed E-state index contributed by atoms with van der Waals surface area (Å²) in [7, 11) is 0. The Hall–Kier alpha value is -2.92. The summed E-state index contributed by atoms with van der Waals surface area (Å²) in [5.41, 5.74) is 3.84. The van der Waals surface area contributed by atoms with Crippen LogP contribution in [0.3, 0.4) is 0 Å². The number of nitrogens with zero attached hydrogens (tertiary/aromatic N) is 2. The molecule has 1 heterocycles. The zero-order chi connectivity index (χ0) is 16.8. The van der Waals surface area contributed by atoms with Crippen LogP contribution in [-0.4, -0.2) is 23.7 Å². The highest BCUT2D eigenvalue weighted by atomic mass is 35.5. The van der Waals surface area contributed by atoms with Crippen LogP contribution in [0.1, 0.15) is 5.56 Å². The number of benzene rings is 2. The van der Waals surface area contributed by atoms with E-state index in [9.17, 15) is 4.79 Å². The van der Waals surface area contributed by atoms with Crippen LogP contribution in [0.15, 0.2) is 65.9 Å². The van der Waals surface area contributed by atoms with Crippen molar-refractivity contribution < 1.29 is 9.53 Å². The Bertz CT molecular complexity index is 891. The summed E-state index contributed by atoms with van der Waals surface area (Å²) in [4.78, 5) is 16.1. The molecule has 6 heteroatoms. The van der Waals surface area contributed by atoms with E-state index in [2.05, 4.69) is 15.5 Å². The molecule has 24 heavy (non-hydrogen) atoms. The second kappa shape index (κ2) is 7.57. The molecule has 0 unspecified atom stereocenters. The van der Waals surface area contributed by atoms with Crippen molar-refractivity contribution in [3.63, 3.8) is 0 Å². The van der Waals surface area contributed by atoms with Crippen LogP contribution in [0, 0.1) is 0 Å². The predicted molar refractivity (Wildman–Crippen MR) is 94.4 cm³/mol. The number of hydrogen-bond donors (Lipinski definition) is 1. The molecule has 0 spiro atoms. The normalized spacial score (nSPS) is 10.9. The number of rotatable bonds is 5. The Morgan fingerprint density at radius 2 is 2.00 bits per heavy atom. The van der Waals surface area contributed by atoms with Gasteiger partial charge in [-0.05, 0) is 18.2 Å². The van der Waals surface area contributed by atoms with E-state index >= 15 is 0 Å². The standard InChI is InChI=1S/C18H14ClN3O2/c19-15-8-2-1-5-14(15)11-21-22-17(23)12-24-16-9-3-6-13-7-4-10-20-18(13)16/h1-11H,12H2,(H,22,23)/b21-11-. The third-order valence-electron chi connectivity index (χ3n) is 3.25. The van der Waals surface area contributed by atoms with Gasteiger partial charge in [-0.25, -0.2) is 5.43 Å². The number of amides is 1. The summed E-state index contributed by atoms with van der Waals surface area (Å²) >= 11 is 6.00. The molecule has 0 saturated heterocycles. The molecule has 3 aromatic rings. The molecule has 0 bridgehead atoms. The van der Waals surface area contributed by atoms with E-state index in [4.69, 9.17) is 16.3 Å². The summed E-state index contributed by atoms with van der Waals surface area (Å²) < 4.78 is 5.53. The second-order valence-corrected chi connectivity index (χ2v) is 5.34. The number of para-hydroxylation sites is 1. The first kappa shape index (κ1) is 16.0. The van der Waals surface area contributed by atoms with Gasteiger partial charge in [0, 0.05) is 22.2 Å². The van der Waals surface area contributed by atoms with Crippen molar-refractivity contribution in [1.29, 1.82) is 0 Å². The topological polar surface area (TPSA) is 63.6 Å². The van der Waals surface area contributed by atoms with Gasteiger partial charge in [0.25, 0.3) is 5.91 Å². The quantitative estimate of drug-likeness (QED) is 0.572. The lowest BCUT2D eigenvalue weighted by atomic mass is 10.2. The summed E-state index contributed by atoms with van der Waals surface area (Å²) in [6.45, 7) is -0.157. The van der Waals surface area contributed by atoms with Crippen molar-refractivity contribution in [1.82, 2.24) is 10.4 Å². The van der Waals surface area contributed by atoms with Gasteiger partial charge in [-0.2, -0.15) is 5.10 Å². The van der Waals surface area contributed by atoms with Gasteiger partial charge >= 0.3 is 0 Å². The molecule has 0 radical (unpaired) electrons. The lowest BCUT2D eigenvalue weighted by Gasteiger charge is -2.07. The molecule has 0 saturated carbocycles. The molecule has 3 rings (SSSR count). The smallest absolute Gasteiger partial charge is 0.277 e. The number of fused-ring (bicyclic) bond motifs is 1. The van der Waals surface area contributed by atoms with Gasteiger partial charge in [0.2, 0.25) is 0 Å². The van der Waals surface area contributed by atoms with Gasteiger partial charge in [0.15, 0.2) is 6.61 Å². The van der Waals surface area contributed by atoms with Crippen LogP contribution in [0.2, 0.25) is 5.02 Å². The molecule has 1 aromatic heterocycles. The zero-order valence-electron chi connectivity index (χ0n) is 12.6. The van der Waals surface area contributed by atoms with E-state index in [1.165, 1.54) is 6.21 Å². The lowest BCUT2D eigenvalue weighted by molar-refractivity contribution is -0.123. The highest BCUT2D eigenvalue weighted by Gasteiger charge is 2.06. The maximum Gasteiger partial charge on any atom is 0.277 e. The number of aromatic nitrogens is 1. The van der Waals surface area contributed by atoms with Crippen molar-refractivity contribution in [2.75, 3.05) is 6.61 Å². The summed E-state index contributed by atoms with van der Waals surface area (Å²) in [5, 5.41) is 5.39. The maximum atomic E-state index is 11.8. The fraction of sp³-hybridized carbons (Fsp3) is 0.0556. The molecule has 0 aliphatic carbocycles. The van der Waals surface area contributed by atoms with Crippen LogP contribution < -0.4 is 10.2 Å². The molecule has 0 fully saturated rings. The number of hydrogen-bond acceptors (Lipinski definition) is 4. The minimum absolute atomic E-state index is 0.157. The Balaban J connectivity index is 1.58. The van der Waals surface area contributed by atoms with Gasteiger partial charge < -0.3 is 4.74 Å². The highest BCUT2D eigenvalue weighted by molar-refractivity contribution is 6.33. The SMILES string of the molecule is O=C(COc1cccc2cccnc12)N/N=C\c1ccccc1Cl. The number of hydrazone groups is 1. The Morgan fingerprint density at radius 3 is 2.88 bits per heavy atom. The molecule has 2 aromatic carbocycles. The molecule has 120 valence electrons. The summed E-state index contributed by atoms with van der Waals surface area (Å²) in [5.74, 6) is 0.185. The third-order valence-corrected chi connectivity index (χ3v) is 3.60. The fourth-order valence-electron chi connectivity index (χ4n) is 2.12. The Labute approximate surface area is 143 Å². The molecule has 0 aliphatic rings. The fourth-order valence-corrected chi connectivity index (χ4v) is 2.31. The van der Waals surface area contributed by atoms with Crippen LogP contribution in [0.25, 0.3) is 10.9 Å². The second-order valence-electron chi connectivity index (χ2n) is 4.93. The molecule has 5 nitrogen and oxygen atoms in total. The average molecular weight is 340 g/mol. The van der Waals surface area contributed by atoms with Gasteiger partial charge in [-0.3, -0.25) is 9.78 Å². The largest absolute Gasteiger partial charge is 0.481 e. The van der Waals surface area contributed by atoms with Crippen molar-refractivity contribution in [2.24, 2.45) is 5.10 Å². The highest BCUT2D eigenvalue weighted by Crippen LogP contribution is 2.22. The van der Waals surface area contributed by atoms with Gasteiger partial charge in [-0.15, -0.1) is 0 Å². The first-order valence-electron chi connectivity index (χ1n) is 7.27. The Morgan fingerprint density at radius 1 is 1.17 bits per heavy atom. The van der Waals surface area contributed by atoms with Gasteiger partial charge in [0.05, 0.1) is 6.21 Å². The maximum absolute atomic E-state index is 11.8. The van der Waals surface area contributed by atoms with Crippen LogP contribution >= 0.6 is 11.6 Å². The number of pyridine rings is 1. The summed E-state index contributed by atoms with van der Waals surface area (Å²) in [6, 6.07) is 16.6. The molecular weight excluding hydrogens is 326 g/mol. The van der Waals surface area contributed by atoms with Crippen molar-refractivity contribution >= 4 is 34.6 Å². The van der Waals surface area contributed by atoms with Gasteiger partial charge in [-0.1, -0.05) is 48.0 Å². The summed E-state index contributed by atoms with van der Waals surface area (Å²) in [6.07, 6.45) is 3.17. The number of ether oxygens (including phenoxy) is 1. The van der Waals surface area contributed by atoms with Crippen LogP contribution in [0.5, 0.6) is 5.75 Å². The van der Waals surface area contributed by atoms with Crippen LogP contribution in [0.4, 0.5) is 0 Å². The molecule has 1 amide bonds. The molecular formula is C18H14ClN3O2. The zero-order valence-corrected chi connectivity index (χ0v) is 13.4. The Kier molecular flexibility index (Phi) is 5.03. The number of halogens is 1. The van der Waals surface area contributed by atoms with E-state index in [1.807, 2.05) is 36.4 Å². The first-order chi connectivity index (χ1) is 11.7. The first-order valence-corrected chi connectivity index (χ1v) is 7.65. The minimum Gasteiger partial charge on any atom is -0.481 e. The predicted octanol–water partition coefficient (Wildman–Crippen LogP) is 3.42. The van der Waals surface area contributed by atoms with E-state index in [0.717, 1.165) is 10.9 Å². The van der Waals surface area contributed by atoms with E-state index in [1.54, 1.807) is 24.4 Å². The lowest BCUT2D eigenvalue weighted by Crippen LogP contribution is -2.24. The number of carbonyl (C=O) groups excluding carboxylic acids is 1. The average Bonchev–Trinajstić information content (AvgIpc) is 2.61. The monoisotopic (exact) mass is 339 g/mol. The van der Waals surface area contributed by atoms with Crippen LogP contribution in [-0.2, 0) is 4.79 Å². The molecule has 1 N–H and O–H groups in total. The van der Waals surface area contributed by atoms with E-state index in [-0.39, 0.29) is 12.5 Å². The molecule has 0 aliphatic heterocycles. The van der Waals surface area contributed by atoms with Crippen molar-refractivity contribution in [3.05, 3.63) is 71.4 Å². The van der Waals surface area contributed by atoms with Gasteiger partial charge in [0.1, 0.15) is 11.3 Å². The van der Waals surface area contributed by atoms with Crippen molar-refractivity contribution in [2.45, 2.75) is 0 Å². The van der Waals surface area contributed by atoms with Crippen molar-refractivity contribution in [3.8, 4) is 5.75 Å². The number of carbonyl (C=O) groups is 1. The third kappa shape index (κ3) is 3.88. The van der Waals surface area contributed by atoms with E-state index in [0.29, 0.717) is 16.3 Å². The molecule has 0 atom stereocenters.